The maximum absolute atomic E-state index is 12.7. The van der Waals surface area contributed by atoms with Gasteiger partial charge in [-0.05, 0) is 37.0 Å². The fraction of sp³-hybridized carbons (Fsp3) is 0.935. The highest BCUT2D eigenvalue weighted by atomic mass is 16.6. The number of ether oxygens (including phenoxy) is 3. The van der Waals surface area contributed by atoms with Gasteiger partial charge in [0.15, 0.2) is 6.10 Å². The molecule has 0 spiro atoms. The third-order valence-electron chi connectivity index (χ3n) is 10.5. The molecular weight excluding hydrogens is 648 g/mol. The zero-order valence-corrected chi connectivity index (χ0v) is 35.6. The van der Waals surface area contributed by atoms with E-state index >= 15 is 0 Å². The average molecular weight is 737 g/mol. The van der Waals surface area contributed by atoms with E-state index in [0.717, 1.165) is 75.5 Å². The van der Waals surface area contributed by atoms with Crippen molar-refractivity contribution in [2.24, 2.45) is 17.8 Å². The van der Waals surface area contributed by atoms with Gasteiger partial charge in [-0.15, -0.1) is 0 Å². The van der Waals surface area contributed by atoms with Crippen molar-refractivity contribution in [3.8, 4) is 0 Å². The van der Waals surface area contributed by atoms with Crippen LogP contribution < -0.4 is 0 Å². The summed E-state index contributed by atoms with van der Waals surface area (Å²) in [5.41, 5.74) is 0. The predicted molar refractivity (Wildman–Crippen MR) is 219 cm³/mol. The van der Waals surface area contributed by atoms with E-state index in [1.807, 2.05) is 0 Å². The van der Waals surface area contributed by atoms with Crippen LogP contribution in [0.4, 0.5) is 0 Å². The minimum atomic E-state index is -0.762. The van der Waals surface area contributed by atoms with E-state index < -0.39 is 6.10 Å². The summed E-state index contributed by atoms with van der Waals surface area (Å²) in [4.78, 5) is 37.6. The summed E-state index contributed by atoms with van der Waals surface area (Å²) in [6.45, 7) is 13.6. The van der Waals surface area contributed by atoms with Crippen LogP contribution >= 0.6 is 0 Å². The second-order valence-electron chi connectivity index (χ2n) is 16.9. The van der Waals surface area contributed by atoms with Crippen LogP contribution in [0.25, 0.3) is 0 Å². The van der Waals surface area contributed by atoms with Crippen molar-refractivity contribution >= 4 is 17.9 Å². The molecule has 6 heteroatoms. The lowest BCUT2D eigenvalue weighted by atomic mass is 9.99. The van der Waals surface area contributed by atoms with Gasteiger partial charge in [0.05, 0.1) is 0 Å². The molecule has 0 fully saturated rings. The number of hydrogen-bond acceptors (Lipinski definition) is 6. The molecule has 0 bridgehead atoms. The first-order valence-electron chi connectivity index (χ1n) is 22.6. The van der Waals surface area contributed by atoms with Gasteiger partial charge in [-0.1, -0.05) is 202 Å². The molecule has 0 saturated carbocycles. The summed E-state index contributed by atoms with van der Waals surface area (Å²) in [6.07, 6.45) is 33.8. The highest BCUT2D eigenvalue weighted by Gasteiger charge is 2.19. The molecule has 6 nitrogen and oxygen atoms in total. The molecule has 0 rings (SSSR count). The average Bonchev–Trinajstić information content (AvgIpc) is 3.11. The van der Waals surface area contributed by atoms with Crippen molar-refractivity contribution in [1.82, 2.24) is 0 Å². The third-order valence-corrected chi connectivity index (χ3v) is 10.5. The Balaban J connectivity index is 4.33. The van der Waals surface area contributed by atoms with E-state index in [0.29, 0.717) is 19.3 Å². The van der Waals surface area contributed by atoms with E-state index in [1.165, 1.54) is 122 Å². The van der Waals surface area contributed by atoms with Gasteiger partial charge < -0.3 is 14.2 Å². The maximum Gasteiger partial charge on any atom is 0.306 e. The molecule has 0 N–H and O–H groups in total. The van der Waals surface area contributed by atoms with Gasteiger partial charge in [0.2, 0.25) is 0 Å². The number of hydrogen-bond donors (Lipinski definition) is 0. The molecule has 1 unspecified atom stereocenters. The Hall–Kier alpha value is -1.59. The molecule has 0 aromatic rings. The fourth-order valence-corrected chi connectivity index (χ4v) is 6.67. The van der Waals surface area contributed by atoms with Crippen LogP contribution in [0.1, 0.15) is 241 Å². The summed E-state index contributed by atoms with van der Waals surface area (Å²) in [7, 11) is 0. The third kappa shape index (κ3) is 38.1. The van der Waals surface area contributed by atoms with Crippen molar-refractivity contribution in [3.05, 3.63) is 0 Å². The molecule has 308 valence electrons. The predicted octanol–water partition coefficient (Wildman–Crippen LogP) is 14.0. The number of rotatable bonds is 39. The van der Waals surface area contributed by atoms with Crippen molar-refractivity contribution in [2.75, 3.05) is 13.2 Å². The first-order chi connectivity index (χ1) is 25.1. The Morgan fingerprint density at radius 3 is 1.00 bits per heavy atom. The molecule has 0 heterocycles. The second-order valence-corrected chi connectivity index (χ2v) is 16.9. The van der Waals surface area contributed by atoms with Crippen LogP contribution in [0, 0.1) is 17.8 Å². The summed E-state index contributed by atoms with van der Waals surface area (Å²) in [5, 5.41) is 0. The lowest BCUT2D eigenvalue weighted by molar-refractivity contribution is -0.167. The zero-order chi connectivity index (χ0) is 38.5. The van der Waals surface area contributed by atoms with Gasteiger partial charge >= 0.3 is 17.9 Å². The molecule has 0 radical (unpaired) electrons. The van der Waals surface area contributed by atoms with E-state index in [2.05, 4.69) is 41.5 Å². The lowest BCUT2D eigenvalue weighted by Crippen LogP contribution is -2.30. The molecular formula is C46H88O6. The van der Waals surface area contributed by atoms with Crippen molar-refractivity contribution in [2.45, 2.75) is 247 Å². The highest BCUT2D eigenvalue weighted by molar-refractivity contribution is 5.71. The smallest absolute Gasteiger partial charge is 0.306 e. The Bertz CT molecular complexity index is 809. The topological polar surface area (TPSA) is 78.9 Å². The van der Waals surface area contributed by atoms with Gasteiger partial charge in [0.1, 0.15) is 13.2 Å². The van der Waals surface area contributed by atoms with Gasteiger partial charge in [-0.2, -0.15) is 0 Å². The van der Waals surface area contributed by atoms with Gasteiger partial charge in [0.25, 0.3) is 0 Å². The summed E-state index contributed by atoms with van der Waals surface area (Å²) < 4.78 is 16.7. The maximum atomic E-state index is 12.7. The quantitative estimate of drug-likeness (QED) is 0.0355. The minimum Gasteiger partial charge on any atom is -0.462 e. The number of carbonyl (C=O) groups is 3. The fourth-order valence-electron chi connectivity index (χ4n) is 6.67. The number of unbranched alkanes of at least 4 members (excludes halogenated alkanes) is 21. The lowest BCUT2D eigenvalue weighted by Gasteiger charge is -2.18. The Morgan fingerprint density at radius 2 is 0.673 bits per heavy atom. The first-order valence-corrected chi connectivity index (χ1v) is 22.6. The van der Waals surface area contributed by atoms with Gasteiger partial charge in [0, 0.05) is 19.3 Å². The number of carbonyl (C=O) groups excluding carboxylic acids is 3. The standard InChI is InChI=1S/C46H88O6/c1-7-42(6)34-28-22-16-10-8-9-11-17-23-29-35-44(47)50-38-43(52-46(49)37-31-25-19-13-15-21-27-33-41(4)5)39-51-45(48)36-30-24-18-12-14-20-26-32-40(2)3/h40-43H,7-39H2,1-6H3/t42?,43-/m1/s1. The highest BCUT2D eigenvalue weighted by Crippen LogP contribution is 2.17. The van der Waals surface area contributed by atoms with Gasteiger partial charge in [-0.25, -0.2) is 0 Å². The van der Waals surface area contributed by atoms with E-state index in [4.69, 9.17) is 14.2 Å². The van der Waals surface area contributed by atoms with Crippen LogP contribution in [0.5, 0.6) is 0 Å². The normalized spacial score (nSPS) is 12.7. The molecule has 0 amide bonds. The van der Waals surface area contributed by atoms with E-state index in [1.54, 1.807) is 0 Å². The Labute approximate surface area is 323 Å². The second kappa shape index (κ2) is 37.7. The van der Waals surface area contributed by atoms with Crippen LogP contribution in [0.2, 0.25) is 0 Å². The molecule has 0 aliphatic carbocycles. The summed E-state index contributed by atoms with van der Waals surface area (Å²) in [6, 6.07) is 0. The zero-order valence-electron chi connectivity index (χ0n) is 35.6. The van der Waals surface area contributed by atoms with Crippen molar-refractivity contribution in [3.63, 3.8) is 0 Å². The Kier molecular flexibility index (Phi) is 36.6. The molecule has 52 heavy (non-hydrogen) atoms. The first kappa shape index (κ1) is 50.4. The minimum absolute atomic E-state index is 0.0671. The largest absolute Gasteiger partial charge is 0.462 e. The number of esters is 3. The molecule has 0 aliphatic rings. The van der Waals surface area contributed by atoms with Crippen LogP contribution in [-0.2, 0) is 28.6 Å². The van der Waals surface area contributed by atoms with E-state index in [-0.39, 0.29) is 31.1 Å². The SMILES string of the molecule is CCC(C)CCCCCCCCCCCCC(=O)OC[C@H](COC(=O)CCCCCCCCCC(C)C)OC(=O)CCCCCCCCCC(C)C. The molecule has 0 aromatic carbocycles. The summed E-state index contributed by atoms with van der Waals surface area (Å²) >= 11 is 0. The van der Waals surface area contributed by atoms with E-state index in [9.17, 15) is 14.4 Å². The summed E-state index contributed by atoms with van der Waals surface area (Å²) in [5.74, 6) is 1.56. The van der Waals surface area contributed by atoms with Crippen molar-refractivity contribution in [1.29, 1.82) is 0 Å². The van der Waals surface area contributed by atoms with Crippen LogP contribution in [0.15, 0.2) is 0 Å². The van der Waals surface area contributed by atoms with Crippen LogP contribution in [0.3, 0.4) is 0 Å². The molecule has 0 aliphatic heterocycles. The molecule has 0 saturated heterocycles. The Morgan fingerprint density at radius 1 is 0.385 bits per heavy atom. The van der Waals surface area contributed by atoms with Gasteiger partial charge in [-0.3, -0.25) is 14.4 Å². The molecule has 2 atom stereocenters. The molecule has 0 aromatic heterocycles. The van der Waals surface area contributed by atoms with Crippen LogP contribution in [-0.4, -0.2) is 37.2 Å². The van der Waals surface area contributed by atoms with Crippen molar-refractivity contribution < 1.29 is 28.6 Å². The monoisotopic (exact) mass is 737 g/mol.